The zero-order chi connectivity index (χ0) is 18.1. The van der Waals surface area contributed by atoms with Gasteiger partial charge >= 0.3 is 0 Å². The number of benzene rings is 2. The minimum Gasteiger partial charge on any atom is -0.343 e. The normalized spacial score (nSPS) is 19.1. The SMILES string of the molecule is O=C1CCCN1CCC1CN(C(=O)c2ccc(Cl)cc2)c2ccccc21. The van der Waals surface area contributed by atoms with E-state index in [1.54, 1.807) is 24.3 Å². The number of likely N-dealkylation sites (tertiary alicyclic amines) is 1. The number of carbonyl (C=O) groups excluding carboxylic acids is 2. The number of hydrogen-bond acceptors (Lipinski definition) is 2. The Labute approximate surface area is 158 Å². The van der Waals surface area contributed by atoms with Crippen molar-refractivity contribution in [3.63, 3.8) is 0 Å². The molecule has 1 unspecified atom stereocenters. The van der Waals surface area contributed by atoms with Crippen molar-refractivity contribution in [3.8, 4) is 0 Å². The minimum absolute atomic E-state index is 0.00568. The van der Waals surface area contributed by atoms with E-state index in [0.29, 0.717) is 23.6 Å². The lowest BCUT2D eigenvalue weighted by molar-refractivity contribution is -0.127. The van der Waals surface area contributed by atoms with Gasteiger partial charge in [-0.25, -0.2) is 0 Å². The van der Waals surface area contributed by atoms with E-state index in [1.165, 1.54) is 5.56 Å². The van der Waals surface area contributed by atoms with Crippen LogP contribution in [-0.2, 0) is 4.79 Å². The van der Waals surface area contributed by atoms with Crippen LogP contribution in [0.15, 0.2) is 48.5 Å². The fourth-order valence-corrected chi connectivity index (χ4v) is 4.06. The van der Waals surface area contributed by atoms with Crippen LogP contribution < -0.4 is 4.90 Å². The molecule has 2 amide bonds. The summed E-state index contributed by atoms with van der Waals surface area (Å²) in [4.78, 5) is 28.7. The average molecular weight is 369 g/mol. The van der Waals surface area contributed by atoms with E-state index in [4.69, 9.17) is 11.6 Å². The van der Waals surface area contributed by atoms with Crippen LogP contribution in [0.3, 0.4) is 0 Å². The molecule has 2 aromatic rings. The molecule has 0 N–H and O–H groups in total. The van der Waals surface area contributed by atoms with Gasteiger partial charge in [-0.2, -0.15) is 0 Å². The van der Waals surface area contributed by atoms with Gasteiger partial charge in [0, 0.05) is 48.2 Å². The van der Waals surface area contributed by atoms with Crippen molar-refractivity contribution in [1.82, 2.24) is 4.90 Å². The predicted octanol–water partition coefficient (Wildman–Crippen LogP) is 4.10. The summed E-state index contributed by atoms with van der Waals surface area (Å²) < 4.78 is 0. The third-order valence-electron chi connectivity index (χ3n) is 5.33. The van der Waals surface area contributed by atoms with Gasteiger partial charge in [-0.05, 0) is 48.7 Å². The summed E-state index contributed by atoms with van der Waals surface area (Å²) in [7, 11) is 0. The molecular weight excluding hydrogens is 348 g/mol. The number of fused-ring (bicyclic) bond motifs is 1. The highest BCUT2D eigenvalue weighted by molar-refractivity contribution is 6.30. The van der Waals surface area contributed by atoms with Gasteiger partial charge < -0.3 is 9.80 Å². The summed E-state index contributed by atoms with van der Waals surface area (Å²) in [6.07, 6.45) is 2.51. The maximum Gasteiger partial charge on any atom is 0.258 e. The molecule has 0 spiro atoms. The molecule has 4 rings (SSSR count). The molecule has 0 aromatic heterocycles. The molecule has 5 heteroatoms. The highest BCUT2D eigenvalue weighted by Crippen LogP contribution is 2.39. The molecule has 1 saturated heterocycles. The molecule has 134 valence electrons. The van der Waals surface area contributed by atoms with Gasteiger partial charge in [0.15, 0.2) is 0 Å². The fourth-order valence-electron chi connectivity index (χ4n) is 3.94. The lowest BCUT2D eigenvalue weighted by atomic mass is 9.98. The first-order valence-corrected chi connectivity index (χ1v) is 9.45. The van der Waals surface area contributed by atoms with Gasteiger partial charge in [-0.1, -0.05) is 29.8 Å². The summed E-state index contributed by atoms with van der Waals surface area (Å²) >= 11 is 5.94. The zero-order valence-corrected chi connectivity index (χ0v) is 15.3. The first-order valence-electron chi connectivity index (χ1n) is 9.07. The van der Waals surface area contributed by atoms with Crippen molar-refractivity contribution in [2.75, 3.05) is 24.5 Å². The van der Waals surface area contributed by atoms with Crippen LogP contribution in [0.5, 0.6) is 0 Å². The highest BCUT2D eigenvalue weighted by atomic mass is 35.5. The average Bonchev–Trinajstić information content (AvgIpc) is 3.23. The van der Waals surface area contributed by atoms with E-state index < -0.39 is 0 Å². The maximum absolute atomic E-state index is 13.0. The number of nitrogens with zero attached hydrogens (tertiary/aromatic N) is 2. The lowest BCUT2D eigenvalue weighted by Gasteiger charge is -2.20. The molecule has 0 radical (unpaired) electrons. The lowest BCUT2D eigenvalue weighted by Crippen LogP contribution is -2.31. The van der Waals surface area contributed by atoms with Gasteiger partial charge in [-0.15, -0.1) is 0 Å². The Balaban J connectivity index is 1.53. The third kappa shape index (κ3) is 3.21. The van der Waals surface area contributed by atoms with Gasteiger partial charge in [0.05, 0.1) is 0 Å². The van der Waals surface area contributed by atoms with Crippen LogP contribution in [0.4, 0.5) is 5.69 Å². The molecule has 2 heterocycles. The van der Waals surface area contributed by atoms with Crippen molar-refractivity contribution in [3.05, 3.63) is 64.7 Å². The molecule has 0 bridgehead atoms. The summed E-state index contributed by atoms with van der Waals surface area (Å²) in [6.45, 7) is 2.28. The fraction of sp³-hybridized carbons (Fsp3) is 0.333. The number of rotatable bonds is 4. The van der Waals surface area contributed by atoms with Crippen LogP contribution >= 0.6 is 11.6 Å². The van der Waals surface area contributed by atoms with E-state index in [9.17, 15) is 9.59 Å². The Morgan fingerprint density at radius 2 is 1.88 bits per heavy atom. The quantitative estimate of drug-likeness (QED) is 0.815. The zero-order valence-electron chi connectivity index (χ0n) is 14.5. The topological polar surface area (TPSA) is 40.6 Å². The van der Waals surface area contributed by atoms with E-state index in [2.05, 4.69) is 6.07 Å². The molecule has 0 saturated carbocycles. The van der Waals surface area contributed by atoms with Crippen molar-refractivity contribution in [2.45, 2.75) is 25.2 Å². The Kier molecular flexibility index (Phi) is 4.68. The van der Waals surface area contributed by atoms with Crippen LogP contribution in [-0.4, -0.2) is 36.3 Å². The summed E-state index contributed by atoms with van der Waals surface area (Å²) in [5.74, 6) is 0.509. The second-order valence-electron chi connectivity index (χ2n) is 6.95. The van der Waals surface area contributed by atoms with Crippen LogP contribution in [0, 0.1) is 0 Å². The van der Waals surface area contributed by atoms with Crippen molar-refractivity contribution >= 4 is 29.1 Å². The second-order valence-corrected chi connectivity index (χ2v) is 7.39. The highest BCUT2D eigenvalue weighted by Gasteiger charge is 2.33. The van der Waals surface area contributed by atoms with Crippen molar-refractivity contribution in [1.29, 1.82) is 0 Å². The van der Waals surface area contributed by atoms with Crippen LogP contribution in [0.25, 0.3) is 0 Å². The van der Waals surface area contributed by atoms with Gasteiger partial charge in [-0.3, -0.25) is 9.59 Å². The largest absolute Gasteiger partial charge is 0.343 e. The molecule has 1 fully saturated rings. The molecule has 1 atom stereocenters. The number of amides is 2. The van der Waals surface area contributed by atoms with E-state index in [0.717, 1.165) is 31.6 Å². The Morgan fingerprint density at radius 1 is 1.12 bits per heavy atom. The number of anilines is 1. The summed E-state index contributed by atoms with van der Waals surface area (Å²) in [5.41, 5.74) is 2.81. The monoisotopic (exact) mass is 368 g/mol. The van der Waals surface area contributed by atoms with E-state index in [1.807, 2.05) is 28.0 Å². The third-order valence-corrected chi connectivity index (χ3v) is 5.58. The number of para-hydroxylation sites is 1. The summed E-state index contributed by atoms with van der Waals surface area (Å²) in [6, 6.07) is 15.1. The first-order chi connectivity index (χ1) is 12.6. The molecule has 2 aromatic carbocycles. The Morgan fingerprint density at radius 3 is 2.62 bits per heavy atom. The Hall–Kier alpha value is -2.33. The second kappa shape index (κ2) is 7.12. The molecule has 2 aliphatic rings. The van der Waals surface area contributed by atoms with Crippen LogP contribution in [0.2, 0.25) is 5.02 Å². The minimum atomic E-state index is -0.00568. The van der Waals surface area contributed by atoms with Crippen LogP contribution in [0.1, 0.15) is 41.1 Å². The van der Waals surface area contributed by atoms with E-state index >= 15 is 0 Å². The predicted molar refractivity (Wildman–Crippen MR) is 103 cm³/mol. The first kappa shape index (κ1) is 17.1. The van der Waals surface area contributed by atoms with Crippen molar-refractivity contribution in [2.24, 2.45) is 0 Å². The number of carbonyl (C=O) groups is 2. The number of hydrogen-bond donors (Lipinski definition) is 0. The molecule has 26 heavy (non-hydrogen) atoms. The Bertz CT molecular complexity index is 834. The maximum atomic E-state index is 13.0. The molecular formula is C21H21ClN2O2. The standard InChI is InChI=1S/C21H21ClN2O2/c22-17-9-7-15(8-10-17)21(26)24-14-16(18-4-1-2-5-19(18)24)11-13-23-12-3-6-20(23)25/h1-2,4-5,7-10,16H,3,6,11-14H2. The van der Waals surface area contributed by atoms with Gasteiger partial charge in [0.2, 0.25) is 5.91 Å². The van der Waals surface area contributed by atoms with Crippen molar-refractivity contribution < 1.29 is 9.59 Å². The van der Waals surface area contributed by atoms with E-state index in [-0.39, 0.29) is 17.7 Å². The van der Waals surface area contributed by atoms with Gasteiger partial charge in [0.25, 0.3) is 5.91 Å². The van der Waals surface area contributed by atoms with Gasteiger partial charge in [0.1, 0.15) is 0 Å². The smallest absolute Gasteiger partial charge is 0.258 e. The molecule has 2 aliphatic heterocycles. The number of halogens is 1. The molecule has 4 nitrogen and oxygen atoms in total. The summed E-state index contributed by atoms with van der Waals surface area (Å²) in [5, 5.41) is 0.622. The molecule has 0 aliphatic carbocycles.